The first-order valence-electron chi connectivity index (χ1n) is 8.53. The van der Waals surface area contributed by atoms with E-state index in [4.69, 9.17) is 18.8 Å². The van der Waals surface area contributed by atoms with Gasteiger partial charge in [0.2, 0.25) is 0 Å². The molecule has 1 heterocycles. The van der Waals surface area contributed by atoms with Crippen LogP contribution in [0.2, 0.25) is 0 Å². The molecule has 0 atom stereocenters. The molecule has 2 aliphatic rings. The third-order valence-electron chi connectivity index (χ3n) is 5.31. The van der Waals surface area contributed by atoms with E-state index in [1.165, 1.54) is 12.8 Å². The summed E-state index contributed by atoms with van der Waals surface area (Å²) in [7, 11) is 1.29. The van der Waals surface area contributed by atoms with Gasteiger partial charge in [0.05, 0.1) is 24.4 Å². The highest BCUT2D eigenvalue weighted by Gasteiger charge is 2.51. The summed E-state index contributed by atoms with van der Waals surface area (Å²) in [4.78, 5) is 0. The van der Waals surface area contributed by atoms with Crippen LogP contribution in [0, 0.1) is 0 Å². The fourth-order valence-corrected chi connectivity index (χ4v) is 3.10. The lowest BCUT2D eigenvalue weighted by atomic mass is 9.79. The SMILES string of the molecule is COc1ccc(B2OC(C)(C)C(C)(C)O2)cc1OC1CCCC1. The minimum atomic E-state index is -0.378. The minimum Gasteiger partial charge on any atom is -0.493 e. The minimum absolute atomic E-state index is 0.289. The standard InChI is InChI=1S/C18H27BO4/c1-17(2)18(3,4)23-19(22-17)13-10-11-15(20-5)16(12-13)21-14-8-6-7-9-14/h10-12,14H,6-9H2,1-5H3. The molecule has 0 N–H and O–H groups in total. The first kappa shape index (κ1) is 16.7. The summed E-state index contributed by atoms with van der Waals surface area (Å²) in [5, 5.41) is 0. The van der Waals surface area contributed by atoms with Gasteiger partial charge in [0.25, 0.3) is 0 Å². The molecule has 0 spiro atoms. The van der Waals surface area contributed by atoms with Gasteiger partial charge in [0, 0.05) is 0 Å². The van der Waals surface area contributed by atoms with E-state index in [1.54, 1.807) is 7.11 Å². The van der Waals surface area contributed by atoms with Crippen LogP contribution in [0.25, 0.3) is 0 Å². The fraction of sp³-hybridized carbons (Fsp3) is 0.667. The molecule has 23 heavy (non-hydrogen) atoms. The van der Waals surface area contributed by atoms with Crippen molar-refractivity contribution >= 4 is 12.6 Å². The molecule has 5 heteroatoms. The summed E-state index contributed by atoms with van der Waals surface area (Å²) in [6, 6.07) is 5.92. The van der Waals surface area contributed by atoms with Crippen molar-refractivity contribution in [3.8, 4) is 11.5 Å². The number of rotatable bonds is 4. The van der Waals surface area contributed by atoms with E-state index < -0.39 is 0 Å². The normalized spacial score (nSPS) is 23.3. The average Bonchev–Trinajstić information content (AvgIpc) is 3.05. The highest BCUT2D eigenvalue weighted by atomic mass is 16.7. The molecule has 0 amide bonds. The number of hydrogen-bond donors (Lipinski definition) is 0. The Balaban J connectivity index is 1.83. The molecule has 0 aromatic heterocycles. The lowest BCUT2D eigenvalue weighted by Crippen LogP contribution is -2.41. The van der Waals surface area contributed by atoms with Crippen LogP contribution in [-0.2, 0) is 9.31 Å². The zero-order chi connectivity index (χ0) is 16.7. The van der Waals surface area contributed by atoms with Gasteiger partial charge in [0.1, 0.15) is 0 Å². The predicted octanol–water partition coefficient (Wildman–Crippen LogP) is 3.32. The van der Waals surface area contributed by atoms with Crippen LogP contribution in [0.15, 0.2) is 18.2 Å². The van der Waals surface area contributed by atoms with Gasteiger partial charge in [-0.2, -0.15) is 0 Å². The van der Waals surface area contributed by atoms with Gasteiger partial charge >= 0.3 is 7.12 Å². The largest absolute Gasteiger partial charge is 0.494 e. The summed E-state index contributed by atoms with van der Waals surface area (Å²) < 4.78 is 23.9. The molecule has 2 fully saturated rings. The molecule has 1 aromatic rings. The van der Waals surface area contributed by atoms with E-state index >= 15 is 0 Å². The van der Waals surface area contributed by atoms with Crippen LogP contribution in [0.1, 0.15) is 53.4 Å². The Hall–Kier alpha value is -1.20. The number of hydrogen-bond acceptors (Lipinski definition) is 4. The third-order valence-corrected chi connectivity index (χ3v) is 5.31. The van der Waals surface area contributed by atoms with Crippen molar-refractivity contribution in [3.63, 3.8) is 0 Å². The van der Waals surface area contributed by atoms with E-state index in [2.05, 4.69) is 27.7 Å². The summed E-state index contributed by atoms with van der Waals surface area (Å²) in [5.41, 5.74) is 0.283. The Bertz CT molecular complexity index is 548. The second-order valence-corrected chi connectivity index (χ2v) is 7.52. The molecule has 126 valence electrons. The Morgan fingerprint density at radius 3 is 2.17 bits per heavy atom. The molecule has 4 nitrogen and oxygen atoms in total. The molecule has 0 bridgehead atoms. The lowest BCUT2D eigenvalue weighted by Gasteiger charge is -2.32. The Kier molecular flexibility index (Phi) is 4.36. The van der Waals surface area contributed by atoms with Crippen molar-refractivity contribution in [3.05, 3.63) is 18.2 Å². The van der Waals surface area contributed by atoms with Gasteiger partial charge in [-0.15, -0.1) is 0 Å². The van der Waals surface area contributed by atoms with E-state index in [0.29, 0.717) is 0 Å². The molecule has 1 aliphatic carbocycles. The molecule has 0 radical (unpaired) electrons. The maximum atomic E-state index is 6.17. The Morgan fingerprint density at radius 1 is 1.00 bits per heavy atom. The van der Waals surface area contributed by atoms with Gasteiger partial charge in [0.15, 0.2) is 11.5 Å². The zero-order valence-electron chi connectivity index (χ0n) is 14.8. The third kappa shape index (κ3) is 3.22. The van der Waals surface area contributed by atoms with Crippen LogP contribution in [-0.4, -0.2) is 31.5 Å². The number of methoxy groups -OCH3 is 1. The summed E-state index contributed by atoms with van der Waals surface area (Å²) in [6.07, 6.45) is 5.00. The monoisotopic (exact) mass is 318 g/mol. The van der Waals surface area contributed by atoms with Crippen LogP contribution >= 0.6 is 0 Å². The van der Waals surface area contributed by atoms with Crippen LogP contribution in [0.4, 0.5) is 0 Å². The van der Waals surface area contributed by atoms with Crippen molar-refractivity contribution in [2.24, 2.45) is 0 Å². The quantitative estimate of drug-likeness (QED) is 0.798. The molecule has 1 aliphatic heterocycles. The number of ether oxygens (including phenoxy) is 2. The highest BCUT2D eigenvalue weighted by Crippen LogP contribution is 2.37. The molecule has 1 saturated carbocycles. The smallest absolute Gasteiger partial charge is 0.493 e. The van der Waals surface area contributed by atoms with Crippen LogP contribution < -0.4 is 14.9 Å². The van der Waals surface area contributed by atoms with Gasteiger partial charge in [-0.25, -0.2) is 0 Å². The van der Waals surface area contributed by atoms with Gasteiger partial charge in [-0.1, -0.05) is 6.07 Å². The van der Waals surface area contributed by atoms with Crippen molar-refractivity contribution in [1.29, 1.82) is 0 Å². The average molecular weight is 318 g/mol. The van der Waals surface area contributed by atoms with E-state index in [0.717, 1.165) is 29.8 Å². The van der Waals surface area contributed by atoms with Gasteiger partial charge < -0.3 is 18.8 Å². The topological polar surface area (TPSA) is 36.9 Å². The first-order chi connectivity index (χ1) is 10.8. The Labute approximate surface area is 139 Å². The van der Waals surface area contributed by atoms with Crippen molar-refractivity contribution in [1.82, 2.24) is 0 Å². The number of benzene rings is 1. The van der Waals surface area contributed by atoms with E-state index in [1.807, 2.05) is 18.2 Å². The van der Waals surface area contributed by atoms with E-state index in [9.17, 15) is 0 Å². The van der Waals surface area contributed by atoms with Gasteiger partial charge in [-0.05, 0) is 71.0 Å². The molecule has 0 unspecified atom stereocenters. The second kappa shape index (κ2) is 6.02. The maximum absolute atomic E-state index is 6.17. The first-order valence-corrected chi connectivity index (χ1v) is 8.53. The van der Waals surface area contributed by atoms with Crippen LogP contribution in [0.3, 0.4) is 0 Å². The fourth-order valence-electron chi connectivity index (χ4n) is 3.10. The Morgan fingerprint density at radius 2 is 1.61 bits per heavy atom. The molecule has 1 saturated heterocycles. The van der Waals surface area contributed by atoms with E-state index in [-0.39, 0.29) is 24.4 Å². The molecular formula is C18H27BO4. The molecule has 1 aromatic carbocycles. The van der Waals surface area contributed by atoms with Crippen molar-refractivity contribution in [2.45, 2.75) is 70.7 Å². The molecular weight excluding hydrogens is 291 g/mol. The van der Waals surface area contributed by atoms with Crippen LogP contribution in [0.5, 0.6) is 11.5 Å². The zero-order valence-corrected chi connectivity index (χ0v) is 14.8. The summed E-state index contributed by atoms with van der Waals surface area (Å²) >= 11 is 0. The summed E-state index contributed by atoms with van der Waals surface area (Å²) in [6.45, 7) is 8.25. The maximum Gasteiger partial charge on any atom is 0.494 e. The lowest BCUT2D eigenvalue weighted by molar-refractivity contribution is 0.00578. The summed E-state index contributed by atoms with van der Waals surface area (Å²) in [5.74, 6) is 1.55. The second-order valence-electron chi connectivity index (χ2n) is 7.52. The predicted molar refractivity (Wildman–Crippen MR) is 91.6 cm³/mol. The van der Waals surface area contributed by atoms with Crippen molar-refractivity contribution < 1.29 is 18.8 Å². The van der Waals surface area contributed by atoms with Gasteiger partial charge in [-0.3, -0.25) is 0 Å². The highest BCUT2D eigenvalue weighted by molar-refractivity contribution is 6.62. The van der Waals surface area contributed by atoms with Crippen molar-refractivity contribution in [2.75, 3.05) is 7.11 Å². The molecule has 3 rings (SSSR count).